The van der Waals surface area contributed by atoms with E-state index in [1.165, 1.54) is 6.26 Å². The third kappa shape index (κ3) is 3.62. The predicted molar refractivity (Wildman–Crippen MR) is 83.7 cm³/mol. The molecular formula is C18H19NO4. The molecule has 1 aliphatic rings. The molecule has 1 aromatic heterocycles. The highest BCUT2D eigenvalue weighted by atomic mass is 16.5. The van der Waals surface area contributed by atoms with Crippen LogP contribution >= 0.6 is 0 Å². The molecule has 0 saturated carbocycles. The number of ether oxygens (including phenoxy) is 1. The molecule has 0 N–H and O–H groups in total. The second-order valence-corrected chi connectivity index (χ2v) is 5.86. The minimum atomic E-state index is -0.471. The standard InChI is InChI=1S/C18H19NO4/c1-13-7-8-22-17(13)18(21)23-12-15-9-16(20)19(11-15)10-14-5-3-2-4-6-14/h2-8,15H,9-12H2,1H3/t15-/m1/s1. The van der Waals surface area contributed by atoms with Gasteiger partial charge in [0.2, 0.25) is 11.7 Å². The number of benzene rings is 1. The van der Waals surface area contributed by atoms with E-state index in [9.17, 15) is 9.59 Å². The Balaban J connectivity index is 1.52. The van der Waals surface area contributed by atoms with Gasteiger partial charge < -0.3 is 14.1 Å². The summed E-state index contributed by atoms with van der Waals surface area (Å²) in [5.74, 6) is -0.105. The number of likely N-dealkylation sites (tertiary alicyclic amines) is 1. The molecule has 120 valence electrons. The maximum Gasteiger partial charge on any atom is 0.374 e. The first-order valence-corrected chi connectivity index (χ1v) is 7.66. The fourth-order valence-electron chi connectivity index (χ4n) is 2.76. The Morgan fingerprint density at radius 3 is 2.78 bits per heavy atom. The topological polar surface area (TPSA) is 59.8 Å². The molecular weight excluding hydrogens is 294 g/mol. The second-order valence-electron chi connectivity index (χ2n) is 5.86. The number of aryl methyl sites for hydroxylation is 1. The Morgan fingerprint density at radius 1 is 1.30 bits per heavy atom. The Kier molecular flexibility index (Phi) is 4.46. The Labute approximate surface area is 134 Å². The van der Waals surface area contributed by atoms with Crippen LogP contribution in [-0.4, -0.2) is 29.9 Å². The fourth-order valence-corrected chi connectivity index (χ4v) is 2.76. The van der Waals surface area contributed by atoms with Gasteiger partial charge in [-0.1, -0.05) is 30.3 Å². The third-order valence-corrected chi connectivity index (χ3v) is 4.01. The SMILES string of the molecule is Cc1ccoc1C(=O)OC[C@@H]1CC(=O)N(Cc2ccccc2)C1. The molecule has 1 amide bonds. The number of carbonyl (C=O) groups is 2. The lowest BCUT2D eigenvalue weighted by molar-refractivity contribution is -0.128. The third-order valence-electron chi connectivity index (χ3n) is 4.01. The van der Waals surface area contributed by atoms with Gasteiger partial charge in [0.15, 0.2) is 0 Å². The van der Waals surface area contributed by atoms with E-state index in [2.05, 4.69) is 0 Å². The minimum absolute atomic E-state index is 0.0328. The lowest BCUT2D eigenvalue weighted by Gasteiger charge is -2.16. The molecule has 5 nitrogen and oxygen atoms in total. The summed E-state index contributed by atoms with van der Waals surface area (Å²) >= 11 is 0. The minimum Gasteiger partial charge on any atom is -0.459 e. The number of nitrogens with zero attached hydrogens (tertiary/aromatic N) is 1. The monoisotopic (exact) mass is 313 g/mol. The van der Waals surface area contributed by atoms with Crippen molar-refractivity contribution in [3.63, 3.8) is 0 Å². The highest BCUT2D eigenvalue weighted by Crippen LogP contribution is 2.21. The summed E-state index contributed by atoms with van der Waals surface area (Å²) in [5, 5.41) is 0. The van der Waals surface area contributed by atoms with E-state index in [1.54, 1.807) is 13.0 Å². The average Bonchev–Trinajstić information content (AvgIpc) is 3.12. The van der Waals surface area contributed by atoms with Gasteiger partial charge in [0.25, 0.3) is 0 Å². The van der Waals surface area contributed by atoms with E-state index in [0.29, 0.717) is 19.5 Å². The predicted octanol–water partition coefficient (Wildman–Crippen LogP) is 2.79. The highest BCUT2D eigenvalue weighted by Gasteiger charge is 2.30. The molecule has 0 spiro atoms. The zero-order chi connectivity index (χ0) is 16.2. The molecule has 23 heavy (non-hydrogen) atoms. The van der Waals surface area contributed by atoms with Crippen LogP contribution in [0.1, 0.15) is 28.1 Å². The Bertz CT molecular complexity index is 692. The molecule has 1 aromatic carbocycles. The highest BCUT2D eigenvalue weighted by molar-refractivity contribution is 5.87. The van der Waals surface area contributed by atoms with Gasteiger partial charge in [0.1, 0.15) is 0 Å². The number of carbonyl (C=O) groups excluding carboxylic acids is 2. The van der Waals surface area contributed by atoms with Crippen molar-refractivity contribution in [2.24, 2.45) is 5.92 Å². The smallest absolute Gasteiger partial charge is 0.374 e. The van der Waals surface area contributed by atoms with Gasteiger partial charge in [0, 0.05) is 31.0 Å². The van der Waals surface area contributed by atoms with Crippen molar-refractivity contribution in [2.75, 3.05) is 13.2 Å². The quantitative estimate of drug-likeness (QED) is 0.796. The lowest BCUT2D eigenvalue weighted by Crippen LogP contribution is -2.25. The number of hydrogen-bond donors (Lipinski definition) is 0. The first-order chi connectivity index (χ1) is 11.1. The second kappa shape index (κ2) is 6.69. The van der Waals surface area contributed by atoms with Gasteiger partial charge in [-0.15, -0.1) is 0 Å². The van der Waals surface area contributed by atoms with Gasteiger partial charge in [-0.2, -0.15) is 0 Å². The molecule has 1 aliphatic heterocycles. The summed E-state index contributed by atoms with van der Waals surface area (Å²) in [6, 6.07) is 11.6. The van der Waals surface area contributed by atoms with Crippen LogP contribution in [-0.2, 0) is 16.1 Å². The normalized spacial score (nSPS) is 17.5. The van der Waals surface area contributed by atoms with Gasteiger partial charge in [0.05, 0.1) is 12.9 Å². The zero-order valence-corrected chi connectivity index (χ0v) is 13.0. The van der Waals surface area contributed by atoms with Crippen molar-refractivity contribution in [2.45, 2.75) is 19.9 Å². The molecule has 0 unspecified atom stereocenters. The number of hydrogen-bond acceptors (Lipinski definition) is 4. The van der Waals surface area contributed by atoms with E-state index in [0.717, 1.165) is 11.1 Å². The lowest BCUT2D eigenvalue weighted by atomic mass is 10.1. The summed E-state index contributed by atoms with van der Waals surface area (Å²) < 4.78 is 10.4. The molecule has 2 aromatic rings. The molecule has 1 saturated heterocycles. The first-order valence-electron chi connectivity index (χ1n) is 7.66. The van der Waals surface area contributed by atoms with Crippen molar-refractivity contribution in [1.82, 2.24) is 4.90 Å². The molecule has 0 aliphatic carbocycles. The number of amides is 1. The zero-order valence-electron chi connectivity index (χ0n) is 13.0. The van der Waals surface area contributed by atoms with Crippen molar-refractivity contribution in [3.05, 3.63) is 59.5 Å². The molecule has 0 bridgehead atoms. The molecule has 1 atom stereocenters. The number of furan rings is 1. The van der Waals surface area contributed by atoms with E-state index >= 15 is 0 Å². The van der Waals surface area contributed by atoms with Crippen molar-refractivity contribution < 1.29 is 18.7 Å². The van der Waals surface area contributed by atoms with E-state index < -0.39 is 5.97 Å². The molecule has 3 rings (SSSR count). The maximum atomic E-state index is 12.1. The van der Waals surface area contributed by atoms with Crippen LogP contribution < -0.4 is 0 Å². The van der Waals surface area contributed by atoms with E-state index in [4.69, 9.17) is 9.15 Å². The Hall–Kier alpha value is -2.56. The Morgan fingerprint density at radius 2 is 2.09 bits per heavy atom. The van der Waals surface area contributed by atoms with Crippen LogP contribution in [0, 0.1) is 12.8 Å². The number of rotatable bonds is 5. The van der Waals surface area contributed by atoms with E-state index in [1.807, 2.05) is 35.2 Å². The van der Waals surface area contributed by atoms with Gasteiger partial charge in [-0.05, 0) is 18.6 Å². The van der Waals surface area contributed by atoms with Crippen LogP contribution in [0.5, 0.6) is 0 Å². The van der Waals surface area contributed by atoms with Crippen molar-refractivity contribution in [3.8, 4) is 0 Å². The number of esters is 1. The van der Waals surface area contributed by atoms with Gasteiger partial charge >= 0.3 is 5.97 Å². The largest absolute Gasteiger partial charge is 0.459 e. The summed E-state index contributed by atoms with van der Waals surface area (Å²) in [6.07, 6.45) is 1.88. The van der Waals surface area contributed by atoms with Gasteiger partial charge in [-0.3, -0.25) is 4.79 Å². The average molecular weight is 313 g/mol. The van der Waals surface area contributed by atoms with Gasteiger partial charge in [-0.25, -0.2) is 4.79 Å². The molecule has 5 heteroatoms. The molecule has 0 radical (unpaired) electrons. The first kappa shape index (κ1) is 15.3. The van der Waals surface area contributed by atoms with Crippen LogP contribution in [0.15, 0.2) is 47.1 Å². The summed E-state index contributed by atoms with van der Waals surface area (Å²) in [4.78, 5) is 25.8. The van der Waals surface area contributed by atoms with E-state index in [-0.39, 0.29) is 24.2 Å². The maximum absolute atomic E-state index is 12.1. The van der Waals surface area contributed by atoms with Crippen LogP contribution in [0.4, 0.5) is 0 Å². The van der Waals surface area contributed by atoms with Crippen LogP contribution in [0.2, 0.25) is 0 Å². The van der Waals surface area contributed by atoms with Crippen molar-refractivity contribution >= 4 is 11.9 Å². The fraction of sp³-hybridized carbons (Fsp3) is 0.333. The molecule has 1 fully saturated rings. The summed E-state index contributed by atoms with van der Waals surface area (Å²) in [5.41, 5.74) is 1.85. The van der Waals surface area contributed by atoms with Crippen molar-refractivity contribution in [1.29, 1.82) is 0 Å². The summed E-state index contributed by atoms with van der Waals surface area (Å²) in [7, 11) is 0. The van der Waals surface area contributed by atoms with Crippen LogP contribution in [0.3, 0.4) is 0 Å². The van der Waals surface area contributed by atoms with Crippen LogP contribution in [0.25, 0.3) is 0 Å². The summed E-state index contributed by atoms with van der Waals surface area (Å²) in [6.45, 7) is 3.23. The molecule has 2 heterocycles.